The van der Waals surface area contributed by atoms with Crippen molar-refractivity contribution in [3.63, 3.8) is 0 Å². The Kier molecular flexibility index (Phi) is 5.82. The van der Waals surface area contributed by atoms with E-state index in [-0.39, 0.29) is 12.5 Å². The lowest BCUT2D eigenvalue weighted by molar-refractivity contribution is -0.137. The van der Waals surface area contributed by atoms with Gasteiger partial charge in [-0.05, 0) is 48.0 Å². The Labute approximate surface area is 199 Å². The highest BCUT2D eigenvalue weighted by Crippen LogP contribution is 2.32. The number of fused-ring (bicyclic) bond motifs is 3. The summed E-state index contributed by atoms with van der Waals surface area (Å²) in [6.07, 6.45) is 0.185. The molecule has 7 heteroatoms. The number of halogens is 3. The van der Waals surface area contributed by atoms with Gasteiger partial charge in [0.15, 0.2) is 0 Å². The van der Waals surface area contributed by atoms with Crippen LogP contribution in [0.1, 0.15) is 16.8 Å². The fourth-order valence-corrected chi connectivity index (χ4v) is 4.06. The van der Waals surface area contributed by atoms with E-state index in [4.69, 9.17) is 0 Å². The zero-order valence-corrected chi connectivity index (χ0v) is 18.5. The molecule has 1 amide bonds. The van der Waals surface area contributed by atoms with Crippen LogP contribution in [0.2, 0.25) is 0 Å². The average molecular weight is 471 g/mol. The third-order valence-corrected chi connectivity index (χ3v) is 5.74. The molecule has 5 rings (SSSR count). The number of aromatic nitrogens is 2. The van der Waals surface area contributed by atoms with E-state index in [1.165, 1.54) is 24.3 Å². The molecule has 0 aliphatic carbocycles. The van der Waals surface area contributed by atoms with Gasteiger partial charge >= 0.3 is 6.18 Å². The van der Waals surface area contributed by atoms with Crippen LogP contribution >= 0.6 is 0 Å². The number of amides is 1. The van der Waals surface area contributed by atoms with Gasteiger partial charge in [0, 0.05) is 22.5 Å². The van der Waals surface area contributed by atoms with Crippen molar-refractivity contribution in [3.05, 3.63) is 114 Å². The Hall–Kier alpha value is -4.39. The van der Waals surface area contributed by atoms with Crippen molar-refractivity contribution >= 4 is 33.8 Å². The number of rotatable bonds is 5. The van der Waals surface area contributed by atoms with Crippen molar-refractivity contribution in [1.29, 1.82) is 0 Å². The normalized spacial score (nSPS) is 12.0. The molecule has 2 heterocycles. The first kappa shape index (κ1) is 22.4. The van der Waals surface area contributed by atoms with E-state index >= 15 is 0 Å². The molecule has 0 aliphatic heterocycles. The van der Waals surface area contributed by atoms with Crippen molar-refractivity contribution in [2.24, 2.45) is 0 Å². The van der Waals surface area contributed by atoms with Gasteiger partial charge in [0.05, 0.1) is 35.0 Å². The van der Waals surface area contributed by atoms with Crippen molar-refractivity contribution in [1.82, 2.24) is 14.9 Å². The van der Waals surface area contributed by atoms with Crippen LogP contribution in [0.4, 0.5) is 13.2 Å². The second-order valence-corrected chi connectivity index (χ2v) is 8.05. The molecule has 0 fully saturated rings. The molecule has 0 unspecified atom stereocenters. The zero-order chi connectivity index (χ0) is 24.4. The van der Waals surface area contributed by atoms with Crippen LogP contribution < -0.4 is 5.32 Å². The Morgan fingerprint density at radius 3 is 2.34 bits per heavy atom. The minimum Gasteiger partial charge on any atom is -0.347 e. The lowest BCUT2D eigenvalue weighted by Crippen LogP contribution is -2.20. The molecule has 0 saturated carbocycles. The smallest absolute Gasteiger partial charge is 0.347 e. The first-order valence-corrected chi connectivity index (χ1v) is 11.0. The third-order valence-electron chi connectivity index (χ3n) is 5.74. The first-order chi connectivity index (χ1) is 16.9. The number of carbonyl (C=O) groups excluding carboxylic acids is 1. The molecule has 0 bridgehead atoms. The quantitative estimate of drug-likeness (QED) is 0.297. The van der Waals surface area contributed by atoms with E-state index in [0.717, 1.165) is 39.6 Å². The first-order valence-electron chi connectivity index (χ1n) is 11.0. The molecule has 1 N–H and O–H groups in total. The highest BCUT2D eigenvalue weighted by molar-refractivity contribution is 6.09. The summed E-state index contributed by atoms with van der Waals surface area (Å²) in [5.74, 6) is -0.362. The number of para-hydroxylation sites is 2. The van der Waals surface area contributed by atoms with Crippen LogP contribution in [0.5, 0.6) is 0 Å². The van der Waals surface area contributed by atoms with Gasteiger partial charge < -0.3 is 9.88 Å². The van der Waals surface area contributed by atoms with Crippen LogP contribution in [0.15, 0.2) is 97.2 Å². The van der Waals surface area contributed by atoms with E-state index < -0.39 is 11.7 Å². The van der Waals surface area contributed by atoms with Crippen LogP contribution in [-0.4, -0.2) is 15.5 Å². The van der Waals surface area contributed by atoms with E-state index in [1.807, 2.05) is 54.7 Å². The molecule has 2 aromatic heterocycles. The predicted molar refractivity (Wildman–Crippen MR) is 131 cm³/mol. The summed E-state index contributed by atoms with van der Waals surface area (Å²) in [6, 6.07) is 24.8. The summed E-state index contributed by atoms with van der Waals surface area (Å²) in [4.78, 5) is 16.8. The second kappa shape index (κ2) is 9.10. The monoisotopic (exact) mass is 471 g/mol. The molecular formula is C28H20F3N3O. The number of carbonyl (C=O) groups is 1. The average Bonchev–Trinajstić information content (AvgIpc) is 3.20. The molecule has 0 atom stereocenters. The van der Waals surface area contributed by atoms with Gasteiger partial charge in [-0.2, -0.15) is 13.2 Å². The molecular weight excluding hydrogens is 451 g/mol. The van der Waals surface area contributed by atoms with Crippen LogP contribution in [0.25, 0.3) is 33.6 Å². The molecule has 4 nitrogen and oxygen atoms in total. The molecule has 5 aromatic rings. The summed E-state index contributed by atoms with van der Waals surface area (Å²) in [5, 5.41) is 4.90. The predicted octanol–water partition coefficient (Wildman–Crippen LogP) is 6.53. The Balaban J connectivity index is 1.34. The number of hydrogen-bond donors (Lipinski definition) is 1. The fraction of sp³-hybridized carbons (Fsp3) is 0.0714. The summed E-state index contributed by atoms with van der Waals surface area (Å²) in [6.45, 7) is 0.219. The van der Waals surface area contributed by atoms with Gasteiger partial charge in [-0.3, -0.25) is 9.78 Å². The van der Waals surface area contributed by atoms with Gasteiger partial charge in [-0.1, -0.05) is 48.5 Å². The number of nitrogens with zero attached hydrogens (tertiary/aromatic N) is 2. The van der Waals surface area contributed by atoms with Crippen LogP contribution in [-0.2, 0) is 17.5 Å². The van der Waals surface area contributed by atoms with E-state index in [9.17, 15) is 18.0 Å². The molecule has 35 heavy (non-hydrogen) atoms. The summed E-state index contributed by atoms with van der Waals surface area (Å²) < 4.78 is 40.2. The zero-order valence-electron chi connectivity index (χ0n) is 18.5. The van der Waals surface area contributed by atoms with Gasteiger partial charge in [-0.15, -0.1) is 0 Å². The van der Waals surface area contributed by atoms with Crippen LogP contribution in [0, 0.1) is 0 Å². The standard InChI is InChI=1S/C28H20F3N3O/c29-28(30,31)20-13-10-19(11-14-20)12-15-27(35)33-17-21-16-24-23-8-4-5-9-25(23)34(26(24)18-32-21)22-6-2-1-3-7-22/h1-16,18H,17H2,(H,33,35)/b15-12+. The lowest BCUT2D eigenvalue weighted by Gasteiger charge is -2.07. The molecule has 0 radical (unpaired) electrons. The number of hydrogen-bond acceptors (Lipinski definition) is 2. The molecule has 0 spiro atoms. The van der Waals surface area contributed by atoms with E-state index in [0.29, 0.717) is 11.3 Å². The Morgan fingerprint density at radius 2 is 1.60 bits per heavy atom. The topological polar surface area (TPSA) is 46.9 Å². The largest absolute Gasteiger partial charge is 0.416 e. The maximum absolute atomic E-state index is 12.7. The van der Waals surface area contributed by atoms with Gasteiger partial charge in [0.1, 0.15) is 0 Å². The minimum atomic E-state index is -4.39. The summed E-state index contributed by atoms with van der Waals surface area (Å²) >= 11 is 0. The third kappa shape index (κ3) is 4.66. The Morgan fingerprint density at radius 1 is 0.886 bits per heavy atom. The number of nitrogens with one attached hydrogen (secondary N) is 1. The van der Waals surface area contributed by atoms with Crippen molar-refractivity contribution in [3.8, 4) is 5.69 Å². The van der Waals surface area contributed by atoms with E-state index in [2.05, 4.69) is 27.0 Å². The van der Waals surface area contributed by atoms with Crippen molar-refractivity contribution < 1.29 is 18.0 Å². The Bertz CT molecular complexity index is 1540. The van der Waals surface area contributed by atoms with Gasteiger partial charge in [0.2, 0.25) is 5.91 Å². The maximum Gasteiger partial charge on any atom is 0.416 e. The second-order valence-electron chi connectivity index (χ2n) is 8.05. The van der Waals surface area contributed by atoms with Gasteiger partial charge in [-0.25, -0.2) is 0 Å². The number of alkyl halides is 3. The number of pyridine rings is 1. The van der Waals surface area contributed by atoms with Crippen LogP contribution in [0.3, 0.4) is 0 Å². The SMILES string of the molecule is O=C(/C=C/c1ccc(C(F)(F)F)cc1)NCc1cc2c3ccccc3n(-c3ccccc3)c2cn1. The lowest BCUT2D eigenvalue weighted by atomic mass is 10.1. The molecule has 174 valence electrons. The van der Waals surface area contributed by atoms with Crippen molar-refractivity contribution in [2.75, 3.05) is 0 Å². The molecule has 0 saturated heterocycles. The van der Waals surface area contributed by atoms with Gasteiger partial charge in [0.25, 0.3) is 0 Å². The van der Waals surface area contributed by atoms with Crippen molar-refractivity contribution in [2.45, 2.75) is 12.7 Å². The minimum absolute atomic E-state index is 0.219. The fourth-order valence-electron chi connectivity index (χ4n) is 4.06. The molecule has 0 aliphatic rings. The highest BCUT2D eigenvalue weighted by atomic mass is 19.4. The maximum atomic E-state index is 12.7. The number of benzene rings is 3. The molecule has 3 aromatic carbocycles. The highest BCUT2D eigenvalue weighted by Gasteiger charge is 2.29. The van der Waals surface area contributed by atoms with E-state index in [1.54, 1.807) is 0 Å². The summed E-state index contributed by atoms with van der Waals surface area (Å²) in [7, 11) is 0. The summed E-state index contributed by atoms with van der Waals surface area (Å²) in [5.41, 5.74) is 3.54.